The molecule has 0 aliphatic rings. The van der Waals surface area contributed by atoms with E-state index in [1.54, 1.807) is 6.20 Å². The van der Waals surface area contributed by atoms with Gasteiger partial charge in [0.1, 0.15) is 12.2 Å². The summed E-state index contributed by atoms with van der Waals surface area (Å²) >= 11 is 0. The van der Waals surface area contributed by atoms with Gasteiger partial charge >= 0.3 is 0 Å². The van der Waals surface area contributed by atoms with Crippen molar-refractivity contribution in [1.82, 2.24) is 9.55 Å². The molecule has 0 amide bonds. The maximum atomic E-state index is 8.63. The fourth-order valence-corrected chi connectivity index (χ4v) is 1.55. The molecule has 14 heavy (non-hydrogen) atoms. The third-order valence-corrected chi connectivity index (χ3v) is 2.18. The van der Waals surface area contributed by atoms with E-state index < -0.39 is 0 Å². The molecule has 0 aromatic carbocycles. The molecule has 2 heterocycles. The first-order valence-corrected chi connectivity index (χ1v) is 4.36. The summed E-state index contributed by atoms with van der Waals surface area (Å²) in [5.41, 5.74) is 7.46. The topological polar surface area (TPSA) is 67.6 Å². The predicted octanol–water partition coefficient (Wildman–Crippen LogP) is 1.02. The van der Waals surface area contributed by atoms with Crippen LogP contribution in [0.2, 0.25) is 0 Å². The SMILES string of the molecule is N#CCn1cc(CN)c2cccnc21. The summed E-state index contributed by atoms with van der Waals surface area (Å²) in [4.78, 5) is 4.22. The maximum absolute atomic E-state index is 8.63. The predicted molar refractivity (Wildman–Crippen MR) is 53.2 cm³/mol. The Balaban J connectivity index is 2.68. The van der Waals surface area contributed by atoms with Crippen LogP contribution in [-0.4, -0.2) is 9.55 Å². The zero-order chi connectivity index (χ0) is 9.97. The van der Waals surface area contributed by atoms with Gasteiger partial charge in [0.05, 0.1) is 6.07 Å². The van der Waals surface area contributed by atoms with Gasteiger partial charge in [-0.15, -0.1) is 0 Å². The summed E-state index contributed by atoms with van der Waals surface area (Å²) in [7, 11) is 0. The normalized spacial score (nSPS) is 10.3. The van der Waals surface area contributed by atoms with Gasteiger partial charge in [-0.05, 0) is 17.7 Å². The number of rotatable bonds is 2. The quantitative estimate of drug-likeness (QED) is 0.761. The largest absolute Gasteiger partial charge is 0.326 e. The first-order chi connectivity index (χ1) is 6.86. The van der Waals surface area contributed by atoms with Gasteiger partial charge in [-0.2, -0.15) is 5.26 Å². The van der Waals surface area contributed by atoms with Crippen LogP contribution in [0.15, 0.2) is 24.5 Å². The highest BCUT2D eigenvalue weighted by atomic mass is 15.0. The standard InChI is InChI=1S/C10H10N4/c11-3-5-14-7-8(6-12)9-2-1-4-13-10(9)14/h1-2,4,7H,5-6,12H2. The minimum atomic E-state index is 0.313. The number of hydrogen-bond acceptors (Lipinski definition) is 3. The first-order valence-electron chi connectivity index (χ1n) is 4.36. The van der Waals surface area contributed by atoms with Crippen molar-refractivity contribution in [1.29, 1.82) is 5.26 Å². The van der Waals surface area contributed by atoms with E-state index in [1.165, 1.54) is 0 Å². The zero-order valence-electron chi connectivity index (χ0n) is 7.64. The van der Waals surface area contributed by atoms with Gasteiger partial charge in [0.2, 0.25) is 0 Å². The molecule has 70 valence electrons. The van der Waals surface area contributed by atoms with E-state index in [4.69, 9.17) is 11.0 Å². The Bertz CT molecular complexity index is 492. The molecule has 4 heteroatoms. The van der Waals surface area contributed by atoms with Crippen molar-refractivity contribution < 1.29 is 0 Å². The maximum Gasteiger partial charge on any atom is 0.141 e. The second kappa shape index (κ2) is 3.48. The molecular formula is C10H10N4. The summed E-state index contributed by atoms with van der Waals surface area (Å²) in [5.74, 6) is 0. The molecule has 0 spiro atoms. The number of aromatic nitrogens is 2. The van der Waals surface area contributed by atoms with Crippen molar-refractivity contribution in [3.8, 4) is 6.07 Å². The van der Waals surface area contributed by atoms with E-state index >= 15 is 0 Å². The summed E-state index contributed by atoms with van der Waals surface area (Å²) in [6.07, 6.45) is 3.61. The Morgan fingerprint density at radius 2 is 2.43 bits per heavy atom. The lowest BCUT2D eigenvalue weighted by molar-refractivity contribution is 0.852. The highest BCUT2D eigenvalue weighted by Crippen LogP contribution is 2.18. The number of nitrogens with zero attached hydrogens (tertiary/aromatic N) is 3. The van der Waals surface area contributed by atoms with Crippen LogP contribution in [0.3, 0.4) is 0 Å². The Morgan fingerprint density at radius 3 is 3.14 bits per heavy atom. The van der Waals surface area contributed by atoms with E-state index in [9.17, 15) is 0 Å². The number of fused-ring (bicyclic) bond motifs is 1. The molecule has 0 bridgehead atoms. The fourth-order valence-electron chi connectivity index (χ4n) is 1.55. The molecule has 0 aliphatic heterocycles. The highest BCUT2D eigenvalue weighted by molar-refractivity contribution is 5.80. The Hall–Kier alpha value is -1.86. The van der Waals surface area contributed by atoms with Crippen molar-refractivity contribution in [2.24, 2.45) is 5.73 Å². The van der Waals surface area contributed by atoms with Crippen LogP contribution in [0.5, 0.6) is 0 Å². The number of pyridine rings is 1. The molecule has 0 unspecified atom stereocenters. The minimum absolute atomic E-state index is 0.313. The lowest BCUT2D eigenvalue weighted by atomic mass is 10.2. The average Bonchev–Trinajstić information content (AvgIpc) is 2.58. The number of nitriles is 1. The van der Waals surface area contributed by atoms with Gasteiger partial charge in [-0.3, -0.25) is 0 Å². The fraction of sp³-hybridized carbons (Fsp3) is 0.200. The van der Waals surface area contributed by atoms with Crippen LogP contribution < -0.4 is 5.73 Å². The molecule has 0 saturated heterocycles. The molecule has 0 aliphatic carbocycles. The van der Waals surface area contributed by atoms with Gasteiger partial charge in [0.25, 0.3) is 0 Å². The van der Waals surface area contributed by atoms with Crippen LogP contribution in [0.4, 0.5) is 0 Å². The summed E-state index contributed by atoms with van der Waals surface area (Å²) in [5, 5.41) is 9.66. The van der Waals surface area contributed by atoms with Crippen molar-refractivity contribution in [2.45, 2.75) is 13.1 Å². The van der Waals surface area contributed by atoms with Crippen LogP contribution in [0.25, 0.3) is 11.0 Å². The molecule has 2 aromatic heterocycles. The second-order valence-corrected chi connectivity index (χ2v) is 3.02. The molecular weight excluding hydrogens is 176 g/mol. The van der Waals surface area contributed by atoms with Gasteiger partial charge in [-0.1, -0.05) is 0 Å². The van der Waals surface area contributed by atoms with E-state index in [0.717, 1.165) is 16.6 Å². The van der Waals surface area contributed by atoms with Crippen molar-refractivity contribution in [3.05, 3.63) is 30.1 Å². The Kier molecular flexibility index (Phi) is 2.17. The number of hydrogen-bond donors (Lipinski definition) is 1. The van der Waals surface area contributed by atoms with Crippen LogP contribution in [0, 0.1) is 11.3 Å². The van der Waals surface area contributed by atoms with Crippen molar-refractivity contribution in [3.63, 3.8) is 0 Å². The van der Waals surface area contributed by atoms with Crippen molar-refractivity contribution >= 4 is 11.0 Å². The third-order valence-electron chi connectivity index (χ3n) is 2.18. The lowest BCUT2D eigenvalue weighted by Crippen LogP contribution is -1.95. The van der Waals surface area contributed by atoms with Crippen LogP contribution in [0.1, 0.15) is 5.56 Å². The third kappa shape index (κ3) is 1.24. The van der Waals surface area contributed by atoms with Crippen molar-refractivity contribution in [2.75, 3.05) is 0 Å². The van der Waals surface area contributed by atoms with E-state index in [-0.39, 0.29) is 0 Å². The summed E-state index contributed by atoms with van der Waals surface area (Å²) < 4.78 is 1.82. The monoisotopic (exact) mass is 186 g/mol. The van der Waals surface area contributed by atoms with Crippen LogP contribution in [-0.2, 0) is 13.1 Å². The van der Waals surface area contributed by atoms with E-state index in [2.05, 4.69) is 11.1 Å². The first kappa shape index (κ1) is 8.73. The Labute approximate surface area is 81.6 Å². The molecule has 0 radical (unpaired) electrons. The summed E-state index contributed by atoms with van der Waals surface area (Å²) in [6.45, 7) is 0.786. The molecule has 0 saturated carbocycles. The van der Waals surface area contributed by atoms with Gasteiger partial charge < -0.3 is 10.3 Å². The smallest absolute Gasteiger partial charge is 0.141 e. The highest BCUT2D eigenvalue weighted by Gasteiger charge is 2.06. The lowest BCUT2D eigenvalue weighted by Gasteiger charge is -1.95. The second-order valence-electron chi connectivity index (χ2n) is 3.02. The minimum Gasteiger partial charge on any atom is -0.326 e. The molecule has 2 N–H and O–H groups in total. The molecule has 2 aromatic rings. The molecule has 0 atom stereocenters. The zero-order valence-corrected chi connectivity index (χ0v) is 7.64. The molecule has 4 nitrogen and oxygen atoms in total. The number of nitrogens with two attached hydrogens (primary N) is 1. The molecule has 0 fully saturated rings. The van der Waals surface area contributed by atoms with Gasteiger partial charge in [0, 0.05) is 24.3 Å². The summed E-state index contributed by atoms with van der Waals surface area (Å²) in [6, 6.07) is 5.94. The van der Waals surface area contributed by atoms with E-state index in [1.807, 2.05) is 22.9 Å². The Morgan fingerprint density at radius 1 is 1.57 bits per heavy atom. The van der Waals surface area contributed by atoms with Crippen LogP contribution >= 0.6 is 0 Å². The van der Waals surface area contributed by atoms with Gasteiger partial charge in [0.15, 0.2) is 0 Å². The molecule has 2 rings (SSSR count). The van der Waals surface area contributed by atoms with E-state index in [0.29, 0.717) is 13.1 Å². The average molecular weight is 186 g/mol. The van der Waals surface area contributed by atoms with Gasteiger partial charge in [-0.25, -0.2) is 4.98 Å².